The van der Waals surface area contributed by atoms with Gasteiger partial charge in [-0.1, -0.05) is 36.0 Å². The average molecular weight is 482 g/mol. The van der Waals surface area contributed by atoms with E-state index < -0.39 is 12.0 Å². The minimum atomic E-state index is -0.527. The molecule has 1 amide bonds. The quantitative estimate of drug-likeness (QED) is 0.595. The lowest BCUT2D eigenvalue weighted by Gasteiger charge is -2.36. The van der Waals surface area contributed by atoms with Gasteiger partial charge < -0.3 is 19.7 Å². The number of rotatable bonds is 7. The van der Waals surface area contributed by atoms with Gasteiger partial charge in [0.25, 0.3) is 0 Å². The Kier molecular flexibility index (Phi) is 7.02. The topological polar surface area (TPSA) is 80.2 Å². The zero-order valence-electron chi connectivity index (χ0n) is 19.0. The summed E-state index contributed by atoms with van der Waals surface area (Å²) in [6.07, 6.45) is 0.0845. The van der Waals surface area contributed by atoms with Crippen molar-refractivity contribution in [2.75, 3.05) is 14.2 Å². The first-order valence-electron chi connectivity index (χ1n) is 10.6. The molecule has 0 saturated heterocycles. The predicted octanol–water partition coefficient (Wildman–Crippen LogP) is 4.29. The second kappa shape index (κ2) is 10.1. The molecule has 2 aromatic carbocycles. The van der Waals surface area contributed by atoms with Gasteiger partial charge in [-0.15, -0.1) is 0 Å². The van der Waals surface area contributed by atoms with Gasteiger partial charge in [-0.2, -0.15) is 0 Å². The molecule has 0 aliphatic carbocycles. The van der Waals surface area contributed by atoms with Gasteiger partial charge in [-0.25, -0.2) is 14.2 Å². The van der Waals surface area contributed by atoms with Crippen LogP contribution in [0.15, 0.2) is 75.9 Å². The van der Waals surface area contributed by atoms with Gasteiger partial charge in [-0.3, -0.25) is 4.79 Å². The number of allylic oxidation sites excluding steroid dienone is 1. The van der Waals surface area contributed by atoms with Crippen LogP contribution in [0.3, 0.4) is 0 Å². The third kappa shape index (κ3) is 4.84. The number of thioether (sulfide) groups is 1. The Bertz CT molecular complexity index is 1210. The van der Waals surface area contributed by atoms with Gasteiger partial charge in [0, 0.05) is 12.2 Å². The van der Waals surface area contributed by atoms with Crippen LogP contribution in [0, 0.1) is 5.82 Å². The lowest BCUT2D eigenvalue weighted by Crippen LogP contribution is -2.37. The van der Waals surface area contributed by atoms with Crippen LogP contribution in [0.4, 0.5) is 4.39 Å². The van der Waals surface area contributed by atoms with Crippen molar-refractivity contribution >= 4 is 28.8 Å². The number of hydrogen-bond donors (Lipinski definition) is 1. The molecule has 0 radical (unpaired) electrons. The smallest absolute Gasteiger partial charge is 0.338 e. The number of amides is 1. The fourth-order valence-corrected chi connectivity index (χ4v) is 4.86. The number of halogens is 1. The summed E-state index contributed by atoms with van der Waals surface area (Å²) in [7, 11) is 2.92. The van der Waals surface area contributed by atoms with Gasteiger partial charge in [0.2, 0.25) is 5.91 Å². The van der Waals surface area contributed by atoms with Crippen molar-refractivity contribution in [2.24, 2.45) is 4.99 Å². The van der Waals surface area contributed by atoms with Crippen molar-refractivity contribution in [1.82, 2.24) is 10.2 Å². The summed E-state index contributed by atoms with van der Waals surface area (Å²) in [5.41, 5.74) is 3.28. The normalized spacial score (nSPS) is 17.1. The molecule has 176 valence electrons. The number of ether oxygens (including phenoxy) is 2. The number of hydrogen-bond acceptors (Lipinski definition) is 7. The molecule has 7 nitrogen and oxygen atoms in total. The molecule has 1 atom stereocenters. The molecule has 1 unspecified atom stereocenters. The molecule has 34 heavy (non-hydrogen) atoms. The van der Waals surface area contributed by atoms with E-state index >= 15 is 0 Å². The van der Waals surface area contributed by atoms with Gasteiger partial charge in [0.1, 0.15) is 11.6 Å². The molecule has 2 aliphatic heterocycles. The molecule has 0 spiro atoms. The van der Waals surface area contributed by atoms with E-state index in [4.69, 9.17) is 9.47 Å². The van der Waals surface area contributed by atoms with E-state index in [1.165, 1.54) is 31.0 Å². The Morgan fingerprint density at radius 3 is 2.65 bits per heavy atom. The Morgan fingerprint density at radius 2 is 1.94 bits per heavy atom. The standard InChI is InChI=1S/C25H24FN3O4S/c1-15-22(24(31)33-3)23(17-5-4-6-20(11-17)32-2)29-19(14-34-25(29)28-15)12-21(30)27-13-16-7-9-18(26)10-8-16/h4-11,14,23H,12-13H2,1-3H3,(H,27,30). The fraction of sp³-hybridized carbons (Fsp3) is 0.240. The van der Waals surface area contributed by atoms with Crippen LogP contribution >= 0.6 is 11.8 Å². The monoisotopic (exact) mass is 481 g/mol. The molecule has 2 heterocycles. The zero-order valence-corrected chi connectivity index (χ0v) is 19.8. The van der Waals surface area contributed by atoms with E-state index in [2.05, 4.69) is 10.3 Å². The first-order chi connectivity index (χ1) is 16.4. The number of amidine groups is 1. The molecule has 9 heteroatoms. The Hall–Kier alpha value is -3.59. The summed E-state index contributed by atoms with van der Waals surface area (Å²) in [6, 6.07) is 12.9. The van der Waals surface area contributed by atoms with Gasteiger partial charge in [-0.05, 0) is 47.7 Å². The van der Waals surface area contributed by atoms with Crippen molar-refractivity contribution < 1.29 is 23.5 Å². The molecule has 0 fully saturated rings. The highest BCUT2D eigenvalue weighted by Gasteiger charge is 2.41. The highest BCUT2D eigenvalue weighted by atomic mass is 32.2. The summed E-state index contributed by atoms with van der Waals surface area (Å²) in [4.78, 5) is 32.0. The molecule has 0 bridgehead atoms. The van der Waals surface area contributed by atoms with Gasteiger partial charge in [0.05, 0.1) is 38.0 Å². The SMILES string of the molecule is COC(=O)C1=C(C)N=C2SC=C(CC(=O)NCc3ccc(F)cc3)N2C1c1cccc(OC)c1. The molecular weight excluding hydrogens is 457 g/mol. The van der Waals surface area contributed by atoms with Crippen LogP contribution in [0.5, 0.6) is 5.75 Å². The van der Waals surface area contributed by atoms with Gasteiger partial charge >= 0.3 is 5.97 Å². The summed E-state index contributed by atoms with van der Waals surface area (Å²) in [5, 5.41) is 5.42. The number of benzene rings is 2. The largest absolute Gasteiger partial charge is 0.497 e. The Labute approximate surface area is 201 Å². The van der Waals surface area contributed by atoms with Crippen molar-refractivity contribution in [3.63, 3.8) is 0 Å². The van der Waals surface area contributed by atoms with E-state index in [9.17, 15) is 14.0 Å². The summed E-state index contributed by atoms with van der Waals surface area (Å²) < 4.78 is 23.6. The Balaban J connectivity index is 1.60. The second-order valence-corrected chi connectivity index (χ2v) is 8.58. The maximum atomic E-state index is 13.1. The van der Waals surface area contributed by atoms with Gasteiger partial charge in [0.15, 0.2) is 5.17 Å². The van der Waals surface area contributed by atoms with Crippen LogP contribution in [0.2, 0.25) is 0 Å². The predicted molar refractivity (Wildman–Crippen MR) is 128 cm³/mol. The minimum Gasteiger partial charge on any atom is -0.497 e. The van der Waals surface area contributed by atoms with Crippen molar-refractivity contribution in [3.05, 3.63) is 87.9 Å². The average Bonchev–Trinajstić information content (AvgIpc) is 3.24. The van der Waals surface area contributed by atoms with Crippen molar-refractivity contribution in [1.29, 1.82) is 0 Å². The fourth-order valence-electron chi connectivity index (χ4n) is 3.90. The number of nitrogens with zero attached hydrogens (tertiary/aromatic N) is 2. The summed E-state index contributed by atoms with van der Waals surface area (Å²) in [6.45, 7) is 2.06. The number of methoxy groups -OCH3 is 2. The molecule has 2 aromatic rings. The third-order valence-electron chi connectivity index (χ3n) is 5.56. The number of aliphatic imine (C=N–C) groups is 1. The van der Waals surface area contributed by atoms with Crippen molar-refractivity contribution in [2.45, 2.75) is 25.9 Å². The first-order valence-corrected chi connectivity index (χ1v) is 11.5. The molecule has 0 aromatic heterocycles. The zero-order chi connectivity index (χ0) is 24.2. The summed E-state index contributed by atoms with van der Waals surface area (Å²) in [5.74, 6) is -0.357. The van der Waals surface area contributed by atoms with Crippen LogP contribution < -0.4 is 10.1 Å². The maximum Gasteiger partial charge on any atom is 0.338 e. The van der Waals surface area contributed by atoms with E-state index in [1.807, 2.05) is 34.6 Å². The summed E-state index contributed by atoms with van der Waals surface area (Å²) >= 11 is 1.40. The number of carbonyl (C=O) groups excluding carboxylic acids is 2. The third-order valence-corrected chi connectivity index (χ3v) is 6.45. The number of fused-ring (bicyclic) bond motifs is 1. The molecular formula is C25H24FN3O4S. The highest BCUT2D eigenvalue weighted by Crippen LogP contribution is 2.45. The van der Waals surface area contributed by atoms with Crippen LogP contribution in [0.1, 0.15) is 30.5 Å². The lowest BCUT2D eigenvalue weighted by atomic mass is 9.93. The maximum absolute atomic E-state index is 13.1. The number of nitrogens with one attached hydrogen (secondary N) is 1. The van der Waals surface area contributed by atoms with Crippen molar-refractivity contribution in [3.8, 4) is 5.75 Å². The van der Waals surface area contributed by atoms with E-state index in [1.54, 1.807) is 26.2 Å². The first kappa shape index (κ1) is 23.6. The Morgan fingerprint density at radius 1 is 1.18 bits per heavy atom. The molecule has 1 N–H and O–H groups in total. The van der Waals surface area contributed by atoms with E-state index in [-0.39, 0.29) is 24.7 Å². The number of esters is 1. The van der Waals surface area contributed by atoms with E-state index in [0.717, 1.165) is 11.1 Å². The van der Waals surface area contributed by atoms with E-state index in [0.29, 0.717) is 27.9 Å². The molecule has 4 rings (SSSR count). The second-order valence-electron chi connectivity index (χ2n) is 7.74. The highest BCUT2D eigenvalue weighted by molar-refractivity contribution is 8.16. The lowest BCUT2D eigenvalue weighted by molar-refractivity contribution is -0.136. The van der Waals surface area contributed by atoms with Crippen LogP contribution in [0.25, 0.3) is 0 Å². The molecule has 0 saturated carbocycles. The van der Waals surface area contributed by atoms with Crippen LogP contribution in [-0.4, -0.2) is 36.2 Å². The molecule has 2 aliphatic rings. The van der Waals surface area contributed by atoms with Crippen LogP contribution in [-0.2, 0) is 20.9 Å². The number of carbonyl (C=O) groups is 2. The minimum absolute atomic E-state index is 0.0845.